The van der Waals surface area contributed by atoms with Gasteiger partial charge in [0.2, 0.25) is 0 Å². The van der Waals surface area contributed by atoms with Crippen molar-refractivity contribution in [2.75, 3.05) is 12.8 Å². The van der Waals surface area contributed by atoms with Gasteiger partial charge in [-0.15, -0.1) is 0 Å². The van der Waals surface area contributed by atoms with Crippen molar-refractivity contribution in [3.63, 3.8) is 0 Å². The Morgan fingerprint density at radius 2 is 2.00 bits per heavy atom. The number of rotatable bonds is 4. The van der Waals surface area contributed by atoms with E-state index < -0.39 is 7.12 Å². The standard InChI is InChI=1S/C19H17BN6O3/c1-22-19(27)12-8-24-26(10-12)18-5-3-13(20(28)29)7-15(18)11-2-4-14-16(21)9-23-25-17(14)6-11/h2-10,28-29H,1H3,(H2,21,25)(H,22,27). The van der Waals surface area contributed by atoms with Crippen molar-refractivity contribution in [2.45, 2.75) is 0 Å². The Morgan fingerprint density at radius 1 is 1.17 bits per heavy atom. The van der Waals surface area contributed by atoms with Crippen molar-refractivity contribution < 1.29 is 14.8 Å². The molecule has 0 atom stereocenters. The molecular formula is C19H17BN6O3. The number of nitrogen functional groups attached to an aromatic ring is 1. The van der Waals surface area contributed by atoms with Gasteiger partial charge >= 0.3 is 7.12 Å². The minimum atomic E-state index is -1.63. The molecule has 1 amide bonds. The van der Waals surface area contributed by atoms with E-state index in [0.717, 1.165) is 10.9 Å². The lowest BCUT2D eigenvalue weighted by Gasteiger charge is -2.13. The SMILES string of the molecule is CNC(=O)c1cnn(-c2ccc(B(O)O)cc2-c2ccc3c(N)cnnc3c2)c1. The Balaban J connectivity index is 1.90. The number of amides is 1. The number of hydrogen-bond acceptors (Lipinski definition) is 7. The minimum Gasteiger partial charge on any atom is -0.423 e. The highest BCUT2D eigenvalue weighted by Crippen LogP contribution is 2.29. The molecule has 0 fully saturated rings. The fourth-order valence-electron chi connectivity index (χ4n) is 3.11. The molecule has 29 heavy (non-hydrogen) atoms. The van der Waals surface area contributed by atoms with Gasteiger partial charge in [-0.2, -0.15) is 15.3 Å². The minimum absolute atomic E-state index is 0.253. The largest absolute Gasteiger partial charge is 0.488 e. The molecule has 10 heteroatoms. The number of aromatic nitrogens is 4. The first-order valence-electron chi connectivity index (χ1n) is 8.76. The van der Waals surface area contributed by atoms with Crippen molar-refractivity contribution in [1.29, 1.82) is 0 Å². The highest BCUT2D eigenvalue weighted by atomic mass is 16.4. The van der Waals surface area contributed by atoms with Crippen LogP contribution in [0.5, 0.6) is 0 Å². The zero-order valence-electron chi connectivity index (χ0n) is 15.4. The van der Waals surface area contributed by atoms with Gasteiger partial charge in [-0.05, 0) is 29.2 Å². The second-order valence-electron chi connectivity index (χ2n) is 6.43. The summed E-state index contributed by atoms with van der Waals surface area (Å²) in [6, 6.07) is 10.5. The summed E-state index contributed by atoms with van der Waals surface area (Å²) < 4.78 is 1.56. The van der Waals surface area contributed by atoms with Gasteiger partial charge < -0.3 is 21.1 Å². The third-order valence-corrected chi connectivity index (χ3v) is 4.62. The van der Waals surface area contributed by atoms with E-state index in [1.54, 1.807) is 36.1 Å². The number of hydrogen-bond donors (Lipinski definition) is 4. The van der Waals surface area contributed by atoms with Crippen LogP contribution in [-0.4, -0.2) is 50.1 Å². The average molecular weight is 388 g/mol. The highest BCUT2D eigenvalue weighted by molar-refractivity contribution is 6.58. The van der Waals surface area contributed by atoms with Crippen molar-refractivity contribution in [3.05, 3.63) is 60.6 Å². The van der Waals surface area contributed by atoms with E-state index in [0.29, 0.717) is 33.5 Å². The van der Waals surface area contributed by atoms with E-state index in [4.69, 9.17) is 5.73 Å². The predicted octanol–water partition coefficient (Wildman–Crippen LogP) is 0.104. The highest BCUT2D eigenvalue weighted by Gasteiger charge is 2.17. The van der Waals surface area contributed by atoms with Crippen molar-refractivity contribution in [3.8, 4) is 16.8 Å². The fourth-order valence-corrected chi connectivity index (χ4v) is 3.11. The molecule has 0 aliphatic carbocycles. The summed E-state index contributed by atoms with van der Waals surface area (Å²) in [6.45, 7) is 0. The van der Waals surface area contributed by atoms with Gasteiger partial charge in [0.05, 0.1) is 34.8 Å². The molecule has 4 aromatic rings. The van der Waals surface area contributed by atoms with Crippen LogP contribution in [0, 0.1) is 0 Å². The van der Waals surface area contributed by atoms with Crippen LogP contribution in [0.15, 0.2) is 55.0 Å². The number of nitrogens with one attached hydrogen (secondary N) is 1. The van der Waals surface area contributed by atoms with E-state index in [2.05, 4.69) is 20.6 Å². The maximum atomic E-state index is 11.9. The lowest BCUT2D eigenvalue weighted by Crippen LogP contribution is -2.30. The summed E-state index contributed by atoms with van der Waals surface area (Å²) in [6.07, 6.45) is 4.55. The van der Waals surface area contributed by atoms with Crippen molar-refractivity contribution >= 4 is 35.1 Å². The van der Waals surface area contributed by atoms with Gasteiger partial charge in [0, 0.05) is 24.2 Å². The van der Waals surface area contributed by atoms with Crippen LogP contribution in [-0.2, 0) is 0 Å². The number of nitrogens with zero attached hydrogens (tertiary/aromatic N) is 4. The molecule has 0 aliphatic rings. The molecule has 5 N–H and O–H groups in total. The van der Waals surface area contributed by atoms with E-state index in [1.165, 1.54) is 12.4 Å². The maximum Gasteiger partial charge on any atom is 0.488 e. The van der Waals surface area contributed by atoms with Crippen LogP contribution in [0.1, 0.15) is 10.4 Å². The first-order valence-corrected chi connectivity index (χ1v) is 8.76. The topological polar surface area (TPSA) is 139 Å². The van der Waals surface area contributed by atoms with E-state index in [1.807, 2.05) is 18.2 Å². The van der Waals surface area contributed by atoms with Gasteiger partial charge in [0.1, 0.15) is 0 Å². The molecule has 9 nitrogen and oxygen atoms in total. The smallest absolute Gasteiger partial charge is 0.423 e. The van der Waals surface area contributed by atoms with Crippen molar-refractivity contribution in [1.82, 2.24) is 25.3 Å². The Kier molecular flexibility index (Phi) is 4.71. The number of anilines is 1. The van der Waals surface area contributed by atoms with E-state index in [-0.39, 0.29) is 5.91 Å². The summed E-state index contributed by atoms with van der Waals surface area (Å²) in [5, 5.41) is 34.8. The molecule has 0 aliphatic heterocycles. The van der Waals surface area contributed by atoms with Crippen LogP contribution in [0.25, 0.3) is 27.7 Å². The molecule has 144 valence electrons. The maximum absolute atomic E-state index is 11.9. The zero-order valence-corrected chi connectivity index (χ0v) is 15.4. The number of carbonyl (C=O) groups is 1. The first-order chi connectivity index (χ1) is 14.0. The summed E-state index contributed by atoms with van der Waals surface area (Å²) in [4.78, 5) is 11.9. The molecule has 0 bridgehead atoms. The summed E-state index contributed by atoms with van der Waals surface area (Å²) in [7, 11) is -0.0811. The summed E-state index contributed by atoms with van der Waals surface area (Å²) >= 11 is 0. The molecule has 0 saturated heterocycles. The van der Waals surface area contributed by atoms with Gasteiger partial charge in [-0.25, -0.2) is 4.68 Å². The van der Waals surface area contributed by atoms with Gasteiger partial charge in [-0.3, -0.25) is 4.79 Å². The Labute approximate surface area is 166 Å². The predicted molar refractivity (Wildman–Crippen MR) is 110 cm³/mol. The van der Waals surface area contributed by atoms with Gasteiger partial charge in [0.15, 0.2) is 0 Å². The molecule has 0 unspecified atom stereocenters. The third kappa shape index (κ3) is 3.42. The second-order valence-corrected chi connectivity index (χ2v) is 6.43. The number of nitrogens with two attached hydrogens (primary N) is 1. The van der Waals surface area contributed by atoms with Crippen LogP contribution < -0.4 is 16.5 Å². The Morgan fingerprint density at radius 3 is 2.76 bits per heavy atom. The van der Waals surface area contributed by atoms with Crippen LogP contribution >= 0.6 is 0 Å². The summed E-state index contributed by atoms with van der Waals surface area (Å²) in [5.74, 6) is -0.253. The number of fused-ring (bicyclic) bond motifs is 1. The third-order valence-electron chi connectivity index (χ3n) is 4.62. The monoisotopic (exact) mass is 388 g/mol. The van der Waals surface area contributed by atoms with Crippen molar-refractivity contribution in [2.24, 2.45) is 0 Å². The molecule has 4 rings (SSSR count). The first kappa shape index (κ1) is 18.6. The lowest BCUT2D eigenvalue weighted by molar-refractivity contribution is 0.0963. The van der Waals surface area contributed by atoms with Crippen LogP contribution in [0.2, 0.25) is 0 Å². The second kappa shape index (κ2) is 7.34. The lowest BCUT2D eigenvalue weighted by atomic mass is 9.78. The molecule has 2 heterocycles. The Bertz CT molecular complexity index is 1220. The molecular weight excluding hydrogens is 371 g/mol. The van der Waals surface area contributed by atoms with Gasteiger partial charge in [0.25, 0.3) is 5.91 Å². The molecule has 0 saturated carbocycles. The quantitative estimate of drug-likeness (QED) is 0.364. The number of carbonyl (C=O) groups excluding carboxylic acids is 1. The fraction of sp³-hybridized carbons (Fsp3) is 0.0526. The number of benzene rings is 2. The Hall–Kier alpha value is -3.76. The van der Waals surface area contributed by atoms with E-state index in [9.17, 15) is 14.8 Å². The molecule has 2 aromatic carbocycles. The molecule has 2 aromatic heterocycles. The normalized spacial score (nSPS) is 10.9. The average Bonchev–Trinajstić information content (AvgIpc) is 3.22. The van der Waals surface area contributed by atoms with Crippen LogP contribution in [0.3, 0.4) is 0 Å². The van der Waals surface area contributed by atoms with Gasteiger partial charge in [-0.1, -0.05) is 18.2 Å². The molecule has 0 spiro atoms. The van der Waals surface area contributed by atoms with E-state index >= 15 is 0 Å². The summed E-state index contributed by atoms with van der Waals surface area (Å²) in [5.41, 5.74) is 9.89. The molecule has 0 radical (unpaired) electrons. The zero-order chi connectivity index (χ0) is 20.5. The van der Waals surface area contributed by atoms with Crippen LogP contribution in [0.4, 0.5) is 5.69 Å².